The Kier molecular flexibility index (Phi) is 7.63. The summed E-state index contributed by atoms with van der Waals surface area (Å²) in [6.07, 6.45) is 1.46. The lowest BCUT2D eigenvalue weighted by atomic mass is 10.2. The van der Waals surface area contributed by atoms with Crippen molar-refractivity contribution in [2.45, 2.75) is 5.16 Å². The molecule has 11 nitrogen and oxygen atoms in total. The number of benzene rings is 2. The summed E-state index contributed by atoms with van der Waals surface area (Å²) in [5, 5.41) is 25.1. The van der Waals surface area contributed by atoms with Gasteiger partial charge in [-0.05, 0) is 42.0 Å². The number of nitrogens with zero attached hydrogens (tertiary/aromatic N) is 4. The smallest absolute Gasteiger partial charge is 0.264 e. The van der Waals surface area contributed by atoms with E-state index in [-0.39, 0.29) is 23.4 Å². The minimum atomic E-state index is -0.301. The molecule has 3 aromatic rings. The number of halogens is 1. The summed E-state index contributed by atoms with van der Waals surface area (Å²) in [4.78, 5) is 12.3. The van der Waals surface area contributed by atoms with Gasteiger partial charge in [0.05, 0.1) is 31.9 Å². The number of nitrogens with two attached hydrogens (primary N) is 1. The van der Waals surface area contributed by atoms with Gasteiger partial charge in [-0.15, -0.1) is 10.2 Å². The number of hydrazone groups is 1. The molecule has 5 N–H and O–H groups in total. The normalized spacial score (nSPS) is 10.8. The second kappa shape index (κ2) is 10.6. The van der Waals surface area contributed by atoms with E-state index in [1.807, 2.05) is 0 Å². The number of amides is 1. The van der Waals surface area contributed by atoms with Gasteiger partial charge in [-0.1, -0.05) is 23.4 Å². The fourth-order valence-electron chi connectivity index (χ4n) is 2.50. The standard InChI is InChI=1S/C19H20ClN7O4S/c1-30-15-6-4-12(20)8-13(15)23-17(29)10-32-19-26-25-18(27(19)21)24-22-9-11-3-5-16(31-2)14(28)7-11/h3-9,28H,10,21H2,1-2H3,(H,23,29)(H,24,25)/b22-9+. The third kappa shape index (κ3) is 5.74. The van der Waals surface area contributed by atoms with Gasteiger partial charge in [0.1, 0.15) is 5.75 Å². The van der Waals surface area contributed by atoms with Crippen LogP contribution in [0, 0.1) is 0 Å². The van der Waals surface area contributed by atoms with Crippen LogP contribution in [0.15, 0.2) is 46.7 Å². The fourth-order valence-corrected chi connectivity index (χ4v) is 3.33. The third-order valence-electron chi connectivity index (χ3n) is 4.01. The molecule has 2 aromatic carbocycles. The van der Waals surface area contributed by atoms with Gasteiger partial charge < -0.3 is 25.7 Å². The lowest BCUT2D eigenvalue weighted by Crippen LogP contribution is -2.17. The van der Waals surface area contributed by atoms with Gasteiger partial charge in [0, 0.05) is 5.02 Å². The molecule has 0 aliphatic heterocycles. The molecule has 0 bridgehead atoms. The van der Waals surface area contributed by atoms with Gasteiger partial charge >= 0.3 is 0 Å². The van der Waals surface area contributed by atoms with Crippen molar-refractivity contribution in [3.63, 3.8) is 0 Å². The number of phenols is 1. The number of ether oxygens (including phenoxy) is 2. The molecule has 32 heavy (non-hydrogen) atoms. The lowest BCUT2D eigenvalue weighted by Gasteiger charge is -2.10. The molecule has 1 amide bonds. The average molecular weight is 478 g/mol. The maximum atomic E-state index is 12.3. The second-order valence-electron chi connectivity index (χ2n) is 6.16. The van der Waals surface area contributed by atoms with Gasteiger partial charge in [0.2, 0.25) is 11.1 Å². The van der Waals surface area contributed by atoms with Gasteiger partial charge in [0.15, 0.2) is 11.5 Å². The highest BCUT2D eigenvalue weighted by Crippen LogP contribution is 2.28. The Balaban J connectivity index is 1.56. The number of nitrogen functional groups attached to an aromatic ring is 1. The van der Waals surface area contributed by atoms with Crippen LogP contribution >= 0.6 is 23.4 Å². The molecule has 0 aliphatic carbocycles. The number of rotatable bonds is 9. The molecule has 1 aromatic heterocycles. The van der Waals surface area contributed by atoms with E-state index in [0.717, 1.165) is 11.8 Å². The van der Waals surface area contributed by atoms with Crippen LogP contribution in [0.3, 0.4) is 0 Å². The minimum Gasteiger partial charge on any atom is -0.504 e. The van der Waals surface area contributed by atoms with E-state index < -0.39 is 0 Å². The van der Waals surface area contributed by atoms with Crippen LogP contribution in [0.1, 0.15) is 5.56 Å². The van der Waals surface area contributed by atoms with Crippen LogP contribution in [0.25, 0.3) is 0 Å². The maximum Gasteiger partial charge on any atom is 0.264 e. The van der Waals surface area contributed by atoms with Gasteiger partial charge in [0.25, 0.3) is 5.95 Å². The van der Waals surface area contributed by atoms with E-state index in [4.69, 9.17) is 26.9 Å². The predicted octanol–water partition coefficient (Wildman–Crippen LogP) is 2.54. The quantitative estimate of drug-likeness (QED) is 0.158. The molecular formula is C19H20ClN7O4S. The minimum absolute atomic E-state index is 0.00852. The molecule has 3 rings (SSSR count). The maximum absolute atomic E-state index is 12.3. The van der Waals surface area contributed by atoms with Crippen molar-refractivity contribution in [1.82, 2.24) is 14.9 Å². The number of hydrogen-bond acceptors (Lipinski definition) is 10. The molecule has 0 spiro atoms. The molecule has 168 valence electrons. The predicted molar refractivity (Wildman–Crippen MR) is 123 cm³/mol. The number of carbonyl (C=O) groups excluding carboxylic acids is 1. The molecule has 0 atom stereocenters. The summed E-state index contributed by atoms with van der Waals surface area (Å²) in [5.74, 6) is 6.69. The molecule has 0 saturated carbocycles. The SMILES string of the molecule is COc1ccc(/C=N/Nc2nnc(SCC(=O)Nc3cc(Cl)ccc3OC)n2N)cc1O. The summed E-state index contributed by atoms with van der Waals surface area (Å²) < 4.78 is 11.4. The van der Waals surface area contributed by atoms with Crippen LogP contribution in [0.2, 0.25) is 5.02 Å². The molecule has 0 radical (unpaired) electrons. The van der Waals surface area contributed by atoms with E-state index >= 15 is 0 Å². The van der Waals surface area contributed by atoms with E-state index in [1.165, 1.54) is 31.2 Å². The Morgan fingerprint density at radius 2 is 2.00 bits per heavy atom. The monoisotopic (exact) mass is 477 g/mol. The Labute approximate surface area is 192 Å². The zero-order valence-corrected chi connectivity index (χ0v) is 18.6. The van der Waals surface area contributed by atoms with E-state index in [9.17, 15) is 9.90 Å². The highest BCUT2D eigenvalue weighted by Gasteiger charge is 2.13. The number of carbonyl (C=O) groups is 1. The Bertz CT molecular complexity index is 1140. The highest BCUT2D eigenvalue weighted by atomic mass is 35.5. The van der Waals surface area contributed by atoms with Crippen molar-refractivity contribution in [3.05, 3.63) is 47.0 Å². The van der Waals surface area contributed by atoms with Crippen LogP contribution in [0.5, 0.6) is 17.2 Å². The fraction of sp³-hybridized carbons (Fsp3) is 0.158. The van der Waals surface area contributed by atoms with E-state index in [1.54, 1.807) is 30.3 Å². The molecular weight excluding hydrogens is 458 g/mol. The van der Waals surface area contributed by atoms with Crippen molar-refractivity contribution in [2.75, 3.05) is 36.6 Å². The van der Waals surface area contributed by atoms with Crippen molar-refractivity contribution in [2.24, 2.45) is 5.10 Å². The zero-order valence-electron chi connectivity index (χ0n) is 17.1. The summed E-state index contributed by atoms with van der Waals surface area (Å²) in [5.41, 5.74) is 3.74. The number of aromatic hydroxyl groups is 1. The molecule has 0 unspecified atom stereocenters. The Morgan fingerprint density at radius 3 is 2.72 bits per heavy atom. The number of aromatic nitrogens is 3. The third-order valence-corrected chi connectivity index (χ3v) is 5.19. The highest BCUT2D eigenvalue weighted by molar-refractivity contribution is 7.99. The number of methoxy groups -OCH3 is 2. The van der Waals surface area contributed by atoms with Crippen LogP contribution < -0.4 is 26.1 Å². The van der Waals surface area contributed by atoms with Crippen molar-refractivity contribution >= 4 is 47.1 Å². The van der Waals surface area contributed by atoms with Crippen molar-refractivity contribution in [3.8, 4) is 17.2 Å². The Morgan fingerprint density at radius 1 is 1.25 bits per heavy atom. The molecule has 13 heteroatoms. The van der Waals surface area contributed by atoms with Crippen molar-refractivity contribution in [1.29, 1.82) is 0 Å². The summed E-state index contributed by atoms with van der Waals surface area (Å²) in [6, 6.07) is 9.74. The van der Waals surface area contributed by atoms with Crippen molar-refractivity contribution < 1.29 is 19.4 Å². The first-order valence-electron chi connectivity index (χ1n) is 9.04. The van der Waals surface area contributed by atoms with Gasteiger partial charge in [-0.3, -0.25) is 4.79 Å². The topological polar surface area (TPSA) is 149 Å². The average Bonchev–Trinajstić information content (AvgIpc) is 3.12. The number of anilines is 2. The van der Waals surface area contributed by atoms with Crippen LogP contribution in [0.4, 0.5) is 11.6 Å². The first-order chi connectivity index (χ1) is 15.4. The van der Waals surface area contributed by atoms with Gasteiger partial charge in [-0.2, -0.15) is 5.10 Å². The second-order valence-corrected chi connectivity index (χ2v) is 7.54. The Hall–Kier alpha value is -3.64. The molecule has 1 heterocycles. The first-order valence-corrected chi connectivity index (χ1v) is 10.4. The number of nitrogens with one attached hydrogen (secondary N) is 2. The van der Waals surface area contributed by atoms with E-state index in [0.29, 0.717) is 32.9 Å². The van der Waals surface area contributed by atoms with Gasteiger partial charge in [-0.25, -0.2) is 10.1 Å². The number of phenolic OH excluding ortho intramolecular Hbond substituents is 1. The number of thioether (sulfide) groups is 1. The summed E-state index contributed by atoms with van der Waals surface area (Å²) >= 11 is 7.06. The largest absolute Gasteiger partial charge is 0.504 e. The summed E-state index contributed by atoms with van der Waals surface area (Å²) in [7, 11) is 2.96. The van der Waals surface area contributed by atoms with Crippen LogP contribution in [-0.2, 0) is 4.79 Å². The molecule has 0 saturated heterocycles. The molecule has 0 aliphatic rings. The van der Waals surface area contributed by atoms with E-state index in [2.05, 4.69) is 26.0 Å². The van der Waals surface area contributed by atoms with Crippen LogP contribution in [-0.4, -0.2) is 52.1 Å². The molecule has 0 fully saturated rings. The first kappa shape index (κ1) is 23.0. The summed E-state index contributed by atoms with van der Waals surface area (Å²) in [6.45, 7) is 0. The zero-order chi connectivity index (χ0) is 23.1. The lowest BCUT2D eigenvalue weighted by molar-refractivity contribution is -0.113. The number of hydrogen-bond donors (Lipinski definition) is 4.